The first-order chi connectivity index (χ1) is 12.6. The molecule has 26 heavy (non-hydrogen) atoms. The molecule has 3 heteroatoms. The smallest absolute Gasteiger partial charge is 0.223 e. The molecule has 2 unspecified atom stereocenters. The number of nitrogens with one attached hydrogen (secondary N) is 1. The number of piperidine rings is 1. The maximum absolute atomic E-state index is 13.2. The molecule has 3 nitrogen and oxygen atoms in total. The fourth-order valence-corrected chi connectivity index (χ4v) is 5.69. The first-order valence-corrected chi connectivity index (χ1v) is 10.7. The Hall–Kier alpha value is -1.35. The van der Waals surface area contributed by atoms with Crippen LogP contribution >= 0.6 is 0 Å². The highest BCUT2D eigenvalue weighted by molar-refractivity contribution is 5.77. The number of nitrogens with zero attached hydrogens (tertiary/aromatic N) is 1. The lowest BCUT2D eigenvalue weighted by Crippen LogP contribution is -2.49. The molecule has 1 amide bonds. The van der Waals surface area contributed by atoms with E-state index in [0.29, 0.717) is 24.0 Å². The highest BCUT2D eigenvalue weighted by Crippen LogP contribution is 2.45. The molecule has 0 radical (unpaired) electrons. The summed E-state index contributed by atoms with van der Waals surface area (Å²) < 4.78 is 0. The maximum Gasteiger partial charge on any atom is 0.223 e. The number of fused-ring (bicyclic) bond motifs is 2. The van der Waals surface area contributed by atoms with Crippen molar-refractivity contribution in [2.24, 2.45) is 5.41 Å². The minimum atomic E-state index is 0.243. The molecule has 4 rings (SSSR count). The molecule has 1 N–H and O–H groups in total. The van der Waals surface area contributed by atoms with Gasteiger partial charge < -0.3 is 10.2 Å². The first-order valence-electron chi connectivity index (χ1n) is 10.7. The lowest BCUT2D eigenvalue weighted by Gasteiger charge is -2.38. The van der Waals surface area contributed by atoms with Crippen LogP contribution in [0.2, 0.25) is 0 Å². The average molecular weight is 355 g/mol. The van der Waals surface area contributed by atoms with E-state index in [2.05, 4.69) is 47.6 Å². The number of carbonyl (C=O) groups excluding carboxylic acids is 1. The van der Waals surface area contributed by atoms with Crippen LogP contribution in [0.3, 0.4) is 0 Å². The Morgan fingerprint density at radius 3 is 2.42 bits per heavy atom. The number of rotatable bonds is 6. The molecule has 2 heterocycles. The van der Waals surface area contributed by atoms with E-state index in [-0.39, 0.29) is 5.41 Å². The van der Waals surface area contributed by atoms with Gasteiger partial charge in [0.05, 0.1) is 0 Å². The molecule has 1 aliphatic carbocycles. The Bertz CT molecular complexity index is 596. The molecule has 1 aromatic rings. The predicted molar refractivity (Wildman–Crippen MR) is 106 cm³/mol. The van der Waals surface area contributed by atoms with Crippen LogP contribution in [0.25, 0.3) is 0 Å². The van der Waals surface area contributed by atoms with Crippen LogP contribution in [0, 0.1) is 5.41 Å². The van der Waals surface area contributed by atoms with Crippen LogP contribution in [-0.4, -0.2) is 36.0 Å². The minimum absolute atomic E-state index is 0.243. The van der Waals surface area contributed by atoms with Gasteiger partial charge in [0.25, 0.3) is 0 Å². The van der Waals surface area contributed by atoms with Gasteiger partial charge in [0.1, 0.15) is 0 Å². The van der Waals surface area contributed by atoms with Crippen LogP contribution in [0.4, 0.5) is 0 Å². The van der Waals surface area contributed by atoms with Crippen molar-refractivity contribution in [1.82, 2.24) is 10.2 Å². The zero-order chi connectivity index (χ0) is 18.0. The highest BCUT2D eigenvalue weighted by atomic mass is 16.2. The fourth-order valence-electron chi connectivity index (χ4n) is 5.69. The summed E-state index contributed by atoms with van der Waals surface area (Å²) in [6.07, 6.45) is 13.0. The van der Waals surface area contributed by atoms with Gasteiger partial charge in [-0.1, -0.05) is 43.2 Å². The van der Waals surface area contributed by atoms with Gasteiger partial charge in [-0.2, -0.15) is 0 Å². The summed E-state index contributed by atoms with van der Waals surface area (Å²) in [5, 5.41) is 3.70. The Kier molecular flexibility index (Phi) is 5.35. The molecule has 1 saturated carbocycles. The summed E-state index contributed by atoms with van der Waals surface area (Å²) in [4.78, 5) is 15.3. The standard InChI is InChI=1S/C23H34N2O/c1-25(21-15-19-9-10-20(16-21)24-19)22(26)17-23(12-5-6-13-23)14-11-18-7-3-2-4-8-18/h2-4,7-8,19-21,24H,5-6,9-17H2,1H3. The summed E-state index contributed by atoms with van der Waals surface area (Å²) in [7, 11) is 2.07. The number of hydrogen-bond acceptors (Lipinski definition) is 2. The maximum atomic E-state index is 13.2. The minimum Gasteiger partial charge on any atom is -0.343 e. The Morgan fingerprint density at radius 2 is 1.77 bits per heavy atom. The fraction of sp³-hybridized carbons (Fsp3) is 0.696. The lowest BCUT2D eigenvalue weighted by molar-refractivity contribution is -0.135. The van der Waals surface area contributed by atoms with Crippen molar-refractivity contribution in [2.45, 2.75) is 88.8 Å². The van der Waals surface area contributed by atoms with E-state index in [4.69, 9.17) is 0 Å². The summed E-state index contributed by atoms with van der Waals surface area (Å²) in [6.45, 7) is 0. The molecule has 2 bridgehead atoms. The number of carbonyl (C=O) groups is 1. The Labute approximate surface area is 158 Å². The van der Waals surface area contributed by atoms with Crippen LogP contribution in [0.15, 0.2) is 30.3 Å². The molecule has 142 valence electrons. The molecular formula is C23H34N2O. The van der Waals surface area contributed by atoms with Crippen LogP contribution in [0.5, 0.6) is 0 Å². The molecule has 2 saturated heterocycles. The molecule has 3 aliphatic rings. The van der Waals surface area contributed by atoms with E-state index in [0.717, 1.165) is 32.1 Å². The number of aryl methyl sites for hydroxylation is 1. The molecule has 0 spiro atoms. The summed E-state index contributed by atoms with van der Waals surface area (Å²) in [5.74, 6) is 0.395. The van der Waals surface area contributed by atoms with E-state index in [1.165, 1.54) is 44.1 Å². The highest BCUT2D eigenvalue weighted by Gasteiger charge is 2.40. The number of amides is 1. The third-order valence-corrected chi connectivity index (χ3v) is 7.37. The zero-order valence-electron chi connectivity index (χ0n) is 16.3. The van der Waals surface area contributed by atoms with Gasteiger partial charge in [-0.3, -0.25) is 4.79 Å². The van der Waals surface area contributed by atoms with Gasteiger partial charge in [-0.05, 0) is 62.3 Å². The van der Waals surface area contributed by atoms with E-state index < -0.39 is 0 Å². The van der Waals surface area contributed by atoms with E-state index in [1.54, 1.807) is 0 Å². The molecular weight excluding hydrogens is 320 g/mol. The van der Waals surface area contributed by atoms with Crippen molar-refractivity contribution in [1.29, 1.82) is 0 Å². The quantitative estimate of drug-likeness (QED) is 0.825. The van der Waals surface area contributed by atoms with Gasteiger partial charge >= 0.3 is 0 Å². The van der Waals surface area contributed by atoms with Gasteiger partial charge in [-0.25, -0.2) is 0 Å². The molecule has 3 fully saturated rings. The van der Waals surface area contributed by atoms with Crippen molar-refractivity contribution in [3.8, 4) is 0 Å². The molecule has 1 aromatic carbocycles. The van der Waals surface area contributed by atoms with Crippen molar-refractivity contribution >= 4 is 5.91 Å². The third-order valence-electron chi connectivity index (χ3n) is 7.37. The number of benzene rings is 1. The van der Waals surface area contributed by atoms with Crippen LogP contribution < -0.4 is 5.32 Å². The monoisotopic (exact) mass is 354 g/mol. The van der Waals surface area contributed by atoms with Crippen LogP contribution in [0.1, 0.15) is 69.8 Å². The number of hydrogen-bond donors (Lipinski definition) is 1. The topological polar surface area (TPSA) is 32.3 Å². The van der Waals surface area contributed by atoms with Gasteiger partial charge in [0.2, 0.25) is 5.91 Å². The second kappa shape index (κ2) is 7.72. The van der Waals surface area contributed by atoms with E-state index in [9.17, 15) is 4.79 Å². The molecule has 2 aliphatic heterocycles. The van der Waals surface area contributed by atoms with E-state index in [1.807, 2.05) is 0 Å². The SMILES string of the molecule is CN(C(=O)CC1(CCc2ccccc2)CCCC1)C1CC2CCC(C1)N2. The summed E-state index contributed by atoms with van der Waals surface area (Å²) in [6, 6.07) is 12.5. The normalized spacial score (nSPS) is 29.7. The van der Waals surface area contributed by atoms with Gasteiger partial charge in [0.15, 0.2) is 0 Å². The zero-order valence-corrected chi connectivity index (χ0v) is 16.3. The van der Waals surface area contributed by atoms with Crippen molar-refractivity contribution < 1.29 is 4.79 Å². The van der Waals surface area contributed by atoms with Gasteiger partial charge in [-0.15, -0.1) is 0 Å². The van der Waals surface area contributed by atoms with Gasteiger partial charge in [0, 0.05) is 31.6 Å². The molecule has 2 atom stereocenters. The lowest BCUT2D eigenvalue weighted by atomic mass is 9.77. The van der Waals surface area contributed by atoms with Crippen molar-refractivity contribution in [3.63, 3.8) is 0 Å². The largest absolute Gasteiger partial charge is 0.343 e. The summed E-state index contributed by atoms with van der Waals surface area (Å²) in [5.41, 5.74) is 1.65. The first kappa shape index (κ1) is 18.0. The van der Waals surface area contributed by atoms with Crippen molar-refractivity contribution in [2.75, 3.05) is 7.05 Å². The second-order valence-corrected chi connectivity index (χ2v) is 9.14. The van der Waals surface area contributed by atoms with Crippen molar-refractivity contribution in [3.05, 3.63) is 35.9 Å². The Balaban J connectivity index is 1.37. The second-order valence-electron chi connectivity index (χ2n) is 9.14. The third kappa shape index (κ3) is 3.98. The Morgan fingerprint density at radius 1 is 1.12 bits per heavy atom. The molecule has 0 aromatic heterocycles. The summed E-state index contributed by atoms with van der Waals surface area (Å²) >= 11 is 0. The van der Waals surface area contributed by atoms with E-state index >= 15 is 0 Å². The average Bonchev–Trinajstić information content (AvgIpc) is 3.26. The predicted octanol–water partition coefficient (Wildman–Crippen LogP) is 4.31. The van der Waals surface area contributed by atoms with Crippen LogP contribution in [-0.2, 0) is 11.2 Å².